The number of aliphatic carboxylic acids is 1. The third-order valence-electron chi connectivity index (χ3n) is 3.51. The lowest BCUT2D eigenvalue weighted by Crippen LogP contribution is -2.54. The highest BCUT2D eigenvalue weighted by atomic mass is 16.5. The van der Waals surface area contributed by atoms with Crippen molar-refractivity contribution in [2.24, 2.45) is 11.5 Å². The van der Waals surface area contributed by atoms with E-state index in [0.717, 1.165) is 25.7 Å². The summed E-state index contributed by atoms with van der Waals surface area (Å²) in [5, 5.41) is 8.37. The van der Waals surface area contributed by atoms with E-state index in [0.29, 0.717) is 12.8 Å². The van der Waals surface area contributed by atoms with Crippen LogP contribution in [0.2, 0.25) is 0 Å². The minimum atomic E-state index is -0.861. The molecule has 0 aliphatic heterocycles. The average molecular weight is 244 g/mol. The summed E-state index contributed by atoms with van der Waals surface area (Å²) in [6.45, 7) is 0. The normalized spacial score (nSPS) is 23.2. The van der Waals surface area contributed by atoms with Crippen molar-refractivity contribution in [3.63, 3.8) is 0 Å². The maximum absolute atomic E-state index is 10.8. The second-order valence-electron chi connectivity index (χ2n) is 4.82. The van der Waals surface area contributed by atoms with Gasteiger partial charge in [-0.2, -0.15) is 0 Å². The zero-order valence-electron chi connectivity index (χ0n) is 10.1. The number of ether oxygens (including phenoxy) is 1. The van der Waals surface area contributed by atoms with Crippen molar-refractivity contribution in [2.45, 2.75) is 49.6 Å². The third-order valence-corrected chi connectivity index (χ3v) is 3.51. The summed E-state index contributed by atoms with van der Waals surface area (Å²) in [6, 6.07) is 0. The van der Waals surface area contributed by atoms with Crippen molar-refractivity contribution < 1.29 is 19.4 Å². The summed E-state index contributed by atoms with van der Waals surface area (Å²) in [5.74, 6) is -1.13. The van der Waals surface area contributed by atoms with Gasteiger partial charge in [-0.15, -0.1) is 0 Å². The maximum atomic E-state index is 10.8. The van der Waals surface area contributed by atoms with E-state index in [-0.39, 0.29) is 5.97 Å². The first-order valence-corrected chi connectivity index (χ1v) is 5.74. The molecule has 2 fully saturated rings. The van der Waals surface area contributed by atoms with Gasteiger partial charge in [-0.1, -0.05) is 0 Å². The molecule has 0 aromatic heterocycles. The highest BCUT2D eigenvalue weighted by Crippen LogP contribution is 2.29. The van der Waals surface area contributed by atoms with Gasteiger partial charge >= 0.3 is 11.9 Å². The van der Waals surface area contributed by atoms with Crippen LogP contribution in [0.15, 0.2) is 0 Å². The van der Waals surface area contributed by atoms with Crippen molar-refractivity contribution in [3.05, 3.63) is 0 Å². The Morgan fingerprint density at radius 3 is 1.53 bits per heavy atom. The summed E-state index contributed by atoms with van der Waals surface area (Å²) >= 11 is 0. The molecule has 0 spiro atoms. The van der Waals surface area contributed by atoms with Gasteiger partial charge in [0.05, 0.1) is 7.11 Å². The van der Waals surface area contributed by atoms with Crippen LogP contribution in [0.5, 0.6) is 0 Å². The molecule has 0 atom stereocenters. The summed E-state index contributed by atoms with van der Waals surface area (Å²) in [4.78, 5) is 20.9. The lowest BCUT2D eigenvalue weighted by Gasteiger charge is -2.34. The third kappa shape index (κ3) is 2.95. The topological polar surface area (TPSA) is 116 Å². The second-order valence-corrected chi connectivity index (χ2v) is 4.82. The Bertz CT molecular complexity index is 309. The number of carbonyl (C=O) groups is 2. The number of carboxylic acids is 1. The monoisotopic (exact) mass is 244 g/mol. The molecular weight excluding hydrogens is 224 g/mol. The van der Waals surface area contributed by atoms with Gasteiger partial charge in [-0.3, -0.25) is 9.59 Å². The first-order valence-electron chi connectivity index (χ1n) is 5.74. The van der Waals surface area contributed by atoms with Gasteiger partial charge < -0.3 is 21.3 Å². The van der Waals surface area contributed by atoms with Gasteiger partial charge in [-0.25, -0.2) is 0 Å². The summed E-state index contributed by atoms with van der Waals surface area (Å²) < 4.78 is 4.49. The van der Waals surface area contributed by atoms with E-state index in [1.54, 1.807) is 0 Å². The average Bonchev–Trinajstić information content (AvgIpc) is 2.22. The van der Waals surface area contributed by atoms with Gasteiger partial charge in [0.2, 0.25) is 0 Å². The zero-order valence-corrected chi connectivity index (χ0v) is 10.1. The van der Waals surface area contributed by atoms with Crippen LogP contribution in [0.4, 0.5) is 0 Å². The van der Waals surface area contributed by atoms with Crippen molar-refractivity contribution in [3.8, 4) is 0 Å². The molecule has 5 N–H and O–H groups in total. The molecule has 0 aromatic rings. The molecule has 0 saturated heterocycles. The Hall–Kier alpha value is -1.14. The fourth-order valence-corrected chi connectivity index (χ4v) is 1.74. The Labute approximate surface area is 100 Å². The lowest BCUT2D eigenvalue weighted by atomic mass is 9.78. The van der Waals surface area contributed by atoms with Crippen LogP contribution in [-0.4, -0.2) is 35.2 Å². The standard InChI is InChI=1S/C6H11NO2.C5H9NO2/c1-9-5(8)6(7)3-2-4-6;6-5(4(7)8)2-1-3-5/h2-4,7H2,1H3;1-3,6H2,(H,7,8). The second kappa shape index (κ2) is 5.01. The number of carbonyl (C=O) groups excluding carboxylic acids is 1. The number of carboxylic acid groups (broad SMARTS) is 1. The van der Waals surface area contributed by atoms with Gasteiger partial charge in [-0.05, 0) is 38.5 Å². The highest BCUT2D eigenvalue weighted by molar-refractivity contribution is 5.81. The molecule has 6 nitrogen and oxygen atoms in total. The molecule has 17 heavy (non-hydrogen) atoms. The smallest absolute Gasteiger partial charge is 0.325 e. The number of nitrogens with two attached hydrogens (primary N) is 2. The molecule has 0 amide bonds. The SMILES string of the molecule is COC(=O)C1(N)CCC1.NC1(C(=O)O)CCC1. The molecular formula is C11H20N2O4. The minimum absolute atomic E-state index is 0.270. The Morgan fingerprint density at radius 2 is 1.47 bits per heavy atom. The summed E-state index contributed by atoms with van der Waals surface area (Å²) in [5.41, 5.74) is 9.44. The molecule has 98 valence electrons. The maximum Gasteiger partial charge on any atom is 0.325 e. The minimum Gasteiger partial charge on any atom is -0.480 e. The lowest BCUT2D eigenvalue weighted by molar-refractivity contribution is -0.150. The van der Waals surface area contributed by atoms with Crippen LogP contribution < -0.4 is 11.5 Å². The van der Waals surface area contributed by atoms with Crippen molar-refractivity contribution >= 4 is 11.9 Å². The summed E-state index contributed by atoms with van der Waals surface area (Å²) in [7, 11) is 1.37. The number of methoxy groups -OCH3 is 1. The van der Waals surface area contributed by atoms with E-state index in [1.165, 1.54) is 7.11 Å². The predicted octanol–water partition coefficient (Wildman–Crippen LogP) is -0.00680. The fraction of sp³-hybridized carbons (Fsp3) is 0.818. The Kier molecular flexibility index (Phi) is 4.11. The fourth-order valence-electron chi connectivity index (χ4n) is 1.74. The van der Waals surface area contributed by atoms with Gasteiger partial charge in [0, 0.05) is 0 Å². The van der Waals surface area contributed by atoms with Crippen LogP contribution in [0.3, 0.4) is 0 Å². The van der Waals surface area contributed by atoms with Crippen LogP contribution in [-0.2, 0) is 14.3 Å². The molecule has 2 aliphatic carbocycles. The van der Waals surface area contributed by atoms with Crippen LogP contribution in [0.25, 0.3) is 0 Å². The van der Waals surface area contributed by atoms with E-state index in [2.05, 4.69) is 4.74 Å². The van der Waals surface area contributed by atoms with Crippen molar-refractivity contribution in [1.29, 1.82) is 0 Å². The first-order chi connectivity index (χ1) is 7.84. The molecule has 2 rings (SSSR count). The first kappa shape index (κ1) is 13.9. The largest absolute Gasteiger partial charge is 0.480 e. The number of hydrogen-bond donors (Lipinski definition) is 3. The van der Waals surface area contributed by atoms with E-state index < -0.39 is 17.0 Å². The Morgan fingerprint density at radius 1 is 1.06 bits per heavy atom. The van der Waals surface area contributed by atoms with Crippen LogP contribution in [0, 0.1) is 0 Å². The van der Waals surface area contributed by atoms with E-state index >= 15 is 0 Å². The molecule has 0 unspecified atom stereocenters. The Balaban J connectivity index is 0.000000171. The summed E-state index contributed by atoms with van der Waals surface area (Å²) in [6.07, 6.45) is 4.85. The molecule has 0 bridgehead atoms. The molecule has 2 saturated carbocycles. The van der Waals surface area contributed by atoms with Gasteiger partial charge in [0.15, 0.2) is 0 Å². The van der Waals surface area contributed by atoms with E-state index in [9.17, 15) is 9.59 Å². The quantitative estimate of drug-likeness (QED) is 0.588. The number of hydrogen-bond acceptors (Lipinski definition) is 5. The predicted molar refractivity (Wildman–Crippen MR) is 61.2 cm³/mol. The van der Waals surface area contributed by atoms with Crippen molar-refractivity contribution in [2.75, 3.05) is 7.11 Å². The van der Waals surface area contributed by atoms with Gasteiger partial charge in [0.1, 0.15) is 11.1 Å². The number of esters is 1. The van der Waals surface area contributed by atoms with Crippen LogP contribution >= 0.6 is 0 Å². The van der Waals surface area contributed by atoms with Gasteiger partial charge in [0.25, 0.3) is 0 Å². The molecule has 0 heterocycles. The molecule has 2 aliphatic rings. The highest BCUT2D eigenvalue weighted by Gasteiger charge is 2.41. The van der Waals surface area contributed by atoms with E-state index in [1.807, 2.05) is 0 Å². The van der Waals surface area contributed by atoms with E-state index in [4.69, 9.17) is 16.6 Å². The molecule has 0 aromatic carbocycles. The number of rotatable bonds is 2. The van der Waals surface area contributed by atoms with Crippen LogP contribution in [0.1, 0.15) is 38.5 Å². The van der Waals surface area contributed by atoms with Crippen molar-refractivity contribution in [1.82, 2.24) is 0 Å². The zero-order chi connectivity index (χ0) is 13.1. The molecule has 0 radical (unpaired) electrons. The molecule has 6 heteroatoms.